The fraction of sp³-hybridized carbons (Fsp3) is 0.333. The Morgan fingerprint density at radius 2 is 1.54 bits per heavy atom. The fourth-order valence-electron chi connectivity index (χ4n) is 4.30. The molecule has 0 radical (unpaired) electrons. The second-order valence-electron chi connectivity index (χ2n) is 9.73. The molecule has 0 aliphatic rings. The van der Waals surface area contributed by atoms with Crippen molar-refractivity contribution in [3.05, 3.63) is 101 Å². The van der Waals surface area contributed by atoms with E-state index in [1.165, 1.54) is 4.90 Å². The third-order valence-corrected chi connectivity index (χ3v) is 7.96. The highest BCUT2D eigenvalue weighted by Crippen LogP contribution is 2.24. The first-order valence-electron chi connectivity index (χ1n) is 12.9. The van der Waals surface area contributed by atoms with Gasteiger partial charge in [0.15, 0.2) is 0 Å². The number of carbonyl (C=O) groups excluding carboxylic acids is 2. The summed E-state index contributed by atoms with van der Waals surface area (Å²) in [6.07, 6.45) is 1.32. The standard InChI is InChI=1S/C30H36ClN3O4S/c1-5-32-30(36)28(19-23-11-7-6-8-12-23)33(20-25-13-9-10-14-27(25)31)29(35)21-34(39(4,37)38)26-17-15-24(16-18-26)22(2)3/h6-18,22,28H,5,19-21H2,1-4H3,(H,32,36)/t28-/m1/s1. The maximum absolute atomic E-state index is 14.0. The first-order chi connectivity index (χ1) is 18.5. The Balaban J connectivity index is 2.04. The summed E-state index contributed by atoms with van der Waals surface area (Å²) < 4.78 is 26.8. The zero-order valence-corrected chi connectivity index (χ0v) is 24.4. The summed E-state index contributed by atoms with van der Waals surface area (Å²) in [4.78, 5) is 28.8. The highest BCUT2D eigenvalue weighted by molar-refractivity contribution is 7.92. The number of amides is 2. The van der Waals surface area contributed by atoms with E-state index < -0.39 is 28.5 Å². The zero-order chi connectivity index (χ0) is 28.6. The molecule has 0 aliphatic heterocycles. The lowest BCUT2D eigenvalue weighted by molar-refractivity contribution is -0.140. The molecule has 0 unspecified atom stereocenters. The summed E-state index contributed by atoms with van der Waals surface area (Å²) in [6, 6.07) is 22.7. The molecule has 208 valence electrons. The topological polar surface area (TPSA) is 86.8 Å². The second-order valence-corrected chi connectivity index (χ2v) is 12.0. The van der Waals surface area contributed by atoms with Gasteiger partial charge in [-0.05, 0) is 47.7 Å². The number of nitrogens with one attached hydrogen (secondary N) is 1. The number of carbonyl (C=O) groups is 2. The summed E-state index contributed by atoms with van der Waals surface area (Å²) in [5.41, 5.74) is 2.96. The average Bonchev–Trinajstić information content (AvgIpc) is 2.90. The Kier molecular flexibility index (Phi) is 10.5. The Labute approximate surface area is 236 Å². The first-order valence-corrected chi connectivity index (χ1v) is 15.2. The minimum Gasteiger partial charge on any atom is -0.355 e. The number of benzene rings is 3. The summed E-state index contributed by atoms with van der Waals surface area (Å²) >= 11 is 6.45. The molecule has 3 rings (SSSR count). The van der Waals surface area contributed by atoms with Gasteiger partial charge in [-0.3, -0.25) is 13.9 Å². The van der Waals surface area contributed by atoms with Crippen molar-refractivity contribution in [3.63, 3.8) is 0 Å². The minimum absolute atomic E-state index is 0.0387. The van der Waals surface area contributed by atoms with Crippen molar-refractivity contribution in [1.29, 1.82) is 0 Å². The van der Waals surface area contributed by atoms with Gasteiger partial charge in [0.25, 0.3) is 0 Å². The molecule has 0 fully saturated rings. The molecule has 0 aromatic heterocycles. The maximum Gasteiger partial charge on any atom is 0.244 e. The van der Waals surface area contributed by atoms with Crippen LogP contribution in [0.4, 0.5) is 5.69 Å². The van der Waals surface area contributed by atoms with Gasteiger partial charge >= 0.3 is 0 Å². The Morgan fingerprint density at radius 1 is 0.923 bits per heavy atom. The molecule has 9 heteroatoms. The smallest absolute Gasteiger partial charge is 0.244 e. The summed E-state index contributed by atoms with van der Waals surface area (Å²) in [6.45, 7) is 5.87. The fourth-order valence-corrected chi connectivity index (χ4v) is 5.34. The van der Waals surface area contributed by atoms with E-state index in [0.29, 0.717) is 22.8 Å². The van der Waals surface area contributed by atoms with Gasteiger partial charge in [-0.25, -0.2) is 8.42 Å². The van der Waals surface area contributed by atoms with E-state index in [0.717, 1.165) is 21.7 Å². The highest BCUT2D eigenvalue weighted by Gasteiger charge is 2.33. The molecular formula is C30H36ClN3O4S. The normalized spacial score (nSPS) is 12.2. The van der Waals surface area contributed by atoms with E-state index in [4.69, 9.17) is 11.6 Å². The molecule has 1 N–H and O–H groups in total. The largest absolute Gasteiger partial charge is 0.355 e. The molecule has 0 heterocycles. The highest BCUT2D eigenvalue weighted by atomic mass is 35.5. The molecule has 0 spiro atoms. The third-order valence-electron chi connectivity index (χ3n) is 6.45. The number of hydrogen-bond donors (Lipinski definition) is 1. The number of anilines is 1. The van der Waals surface area contributed by atoms with Crippen LogP contribution in [0.25, 0.3) is 0 Å². The molecule has 7 nitrogen and oxygen atoms in total. The molecule has 0 saturated carbocycles. The number of sulfonamides is 1. The average molecular weight is 570 g/mol. The van der Waals surface area contributed by atoms with E-state index in [1.54, 1.807) is 36.4 Å². The van der Waals surface area contributed by atoms with Crippen molar-refractivity contribution in [1.82, 2.24) is 10.2 Å². The lowest BCUT2D eigenvalue weighted by atomic mass is 10.0. The quantitative estimate of drug-likeness (QED) is 0.332. The van der Waals surface area contributed by atoms with Crippen LogP contribution in [0, 0.1) is 0 Å². The predicted octanol–water partition coefficient (Wildman–Crippen LogP) is 5.01. The van der Waals surface area contributed by atoms with Crippen LogP contribution in [0.2, 0.25) is 5.02 Å². The number of rotatable bonds is 12. The Hall–Kier alpha value is -3.36. The van der Waals surface area contributed by atoms with E-state index in [2.05, 4.69) is 5.32 Å². The summed E-state index contributed by atoms with van der Waals surface area (Å²) in [7, 11) is -3.82. The number of likely N-dealkylation sites (N-methyl/N-ethyl adjacent to an activating group) is 1. The van der Waals surface area contributed by atoms with Gasteiger partial charge in [0.1, 0.15) is 12.6 Å². The summed E-state index contributed by atoms with van der Waals surface area (Å²) in [5.74, 6) is -0.566. The van der Waals surface area contributed by atoms with Crippen molar-refractivity contribution in [2.24, 2.45) is 0 Å². The van der Waals surface area contributed by atoms with Crippen LogP contribution in [0.1, 0.15) is 43.4 Å². The molecule has 3 aromatic carbocycles. The SMILES string of the molecule is CCNC(=O)[C@@H](Cc1ccccc1)N(Cc1ccccc1Cl)C(=O)CN(c1ccc(C(C)C)cc1)S(C)(=O)=O. The van der Waals surface area contributed by atoms with Gasteiger partial charge < -0.3 is 10.2 Å². The monoisotopic (exact) mass is 569 g/mol. The van der Waals surface area contributed by atoms with Crippen LogP contribution in [0.5, 0.6) is 0 Å². The number of nitrogens with zero attached hydrogens (tertiary/aromatic N) is 2. The third kappa shape index (κ3) is 8.31. The number of halogens is 1. The zero-order valence-electron chi connectivity index (χ0n) is 22.8. The van der Waals surface area contributed by atoms with E-state index in [1.807, 2.05) is 63.2 Å². The molecular weight excluding hydrogens is 534 g/mol. The van der Waals surface area contributed by atoms with Crippen molar-refractivity contribution < 1.29 is 18.0 Å². The minimum atomic E-state index is -3.82. The van der Waals surface area contributed by atoms with E-state index in [-0.39, 0.29) is 24.8 Å². The molecule has 2 amide bonds. The lowest BCUT2D eigenvalue weighted by Crippen LogP contribution is -2.53. The van der Waals surface area contributed by atoms with Crippen molar-refractivity contribution in [2.75, 3.05) is 23.7 Å². The second kappa shape index (κ2) is 13.6. The van der Waals surface area contributed by atoms with Crippen molar-refractivity contribution >= 4 is 39.1 Å². The molecule has 3 aromatic rings. The van der Waals surface area contributed by atoms with E-state index in [9.17, 15) is 18.0 Å². The van der Waals surface area contributed by atoms with Gasteiger partial charge in [0.2, 0.25) is 21.8 Å². The number of hydrogen-bond acceptors (Lipinski definition) is 4. The van der Waals surface area contributed by atoms with Crippen LogP contribution < -0.4 is 9.62 Å². The maximum atomic E-state index is 14.0. The van der Waals surface area contributed by atoms with E-state index >= 15 is 0 Å². The van der Waals surface area contributed by atoms with Gasteiger partial charge in [-0.15, -0.1) is 0 Å². The molecule has 0 aliphatic carbocycles. The van der Waals surface area contributed by atoms with Crippen LogP contribution in [-0.4, -0.2) is 50.5 Å². The molecule has 39 heavy (non-hydrogen) atoms. The van der Waals surface area contributed by atoms with Gasteiger partial charge in [0.05, 0.1) is 11.9 Å². The predicted molar refractivity (Wildman–Crippen MR) is 157 cm³/mol. The lowest BCUT2D eigenvalue weighted by Gasteiger charge is -2.33. The van der Waals surface area contributed by atoms with Gasteiger partial charge in [0, 0.05) is 24.5 Å². The molecule has 0 bridgehead atoms. The van der Waals surface area contributed by atoms with Crippen LogP contribution in [-0.2, 0) is 32.6 Å². The molecule has 0 saturated heterocycles. The van der Waals surface area contributed by atoms with Crippen LogP contribution in [0.3, 0.4) is 0 Å². The van der Waals surface area contributed by atoms with Gasteiger partial charge in [-0.1, -0.05) is 86.1 Å². The summed E-state index contributed by atoms with van der Waals surface area (Å²) in [5, 5.41) is 3.29. The van der Waals surface area contributed by atoms with Crippen LogP contribution >= 0.6 is 11.6 Å². The Morgan fingerprint density at radius 3 is 2.10 bits per heavy atom. The van der Waals surface area contributed by atoms with Crippen LogP contribution in [0.15, 0.2) is 78.9 Å². The first kappa shape index (κ1) is 30.2. The van der Waals surface area contributed by atoms with Crippen molar-refractivity contribution in [2.45, 2.75) is 45.7 Å². The molecule has 1 atom stereocenters. The van der Waals surface area contributed by atoms with Crippen molar-refractivity contribution in [3.8, 4) is 0 Å². The Bertz CT molecular complexity index is 1360. The van der Waals surface area contributed by atoms with Gasteiger partial charge in [-0.2, -0.15) is 0 Å².